The molecule has 0 spiro atoms. The van der Waals surface area contributed by atoms with Crippen LogP contribution in [0.5, 0.6) is 5.75 Å². The third-order valence-electron chi connectivity index (χ3n) is 3.38. The number of nitrogens with one attached hydrogen (secondary N) is 1. The summed E-state index contributed by atoms with van der Waals surface area (Å²) in [6, 6.07) is 12.5. The van der Waals surface area contributed by atoms with E-state index in [1.165, 1.54) is 6.21 Å². The molecule has 0 unspecified atom stereocenters. The first-order valence-corrected chi connectivity index (χ1v) is 8.58. The molecule has 0 radical (unpaired) electrons. The highest BCUT2D eigenvalue weighted by Gasteiger charge is 2.06. The van der Waals surface area contributed by atoms with Gasteiger partial charge >= 0.3 is 0 Å². The number of benzene rings is 2. The first kappa shape index (κ1) is 18.3. The Morgan fingerprint density at radius 1 is 1.19 bits per heavy atom. The maximum Gasteiger partial charge on any atom is 0.293 e. The Kier molecular flexibility index (Phi) is 5.82. The second-order valence-corrected chi connectivity index (χ2v) is 6.33. The minimum atomic E-state index is -0.415. The standard InChI is InChI=1S/C17H12Cl2N4O2S/c18-14-2-1-3-15(19)13(14)10-25-12-6-4-11(5-7-12)8-21-23-16(24)9-20-22-17(23)26/h1-9H,10H2,(H,22,26)/b21-8+. The summed E-state index contributed by atoms with van der Waals surface area (Å²) in [5, 5.41) is 11.3. The maximum absolute atomic E-state index is 11.6. The van der Waals surface area contributed by atoms with Crippen LogP contribution < -0.4 is 10.3 Å². The molecular weight excluding hydrogens is 395 g/mol. The van der Waals surface area contributed by atoms with Gasteiger partial charge in [0.2, 0.25) is 4.77 Å². The second kappa shape index (κ2) is 8.27. The number of halogens is 2. The molecule has 0 atom stereocenters. The number of ether oxygens (including phenoxy) is 1. The third-order valence-corrected chi connectivity index (χ3v) is 4.36. The van der Waals surface area contributed by atoms with Gasteiger partial charge in [-0.2, -0.15) is 14.9 Å². The Bertz CT molecular complexity index is 1010. The normalized spacial score (nSPS) is 11.0. The van der Waals surface area contributed by atoms with Crippen LogP contribution in [0.25, 0.3) is 0 Å². The highest BCUT2D eigenvalue weighted by Crippen LogP contribution is 2.25. The van der Waals surface area contributed by atoms with Gasteiger partial charge in [-0.15, -0.1) is 0 Å². The summed E-state index contributed by atoms with van der Waals surface area (Å²) < 4.78 is 6.87. The van der Waals surface area contributed by atoms with Crippen molar-refractivity contribution in [2.45, 2.75) is 6.61 Å². The van der Waals surface area contributed by atoms with Crippen LogP contribution in [-0.2, 0) is 6.61 Å². The van der Waals surface area contributed by atoms with Gasteiger partial charge < -0.3 is 4.74 Å². The van der Waals surface area contributed by atoms with Crippen molar-refractivity contribution in [2.75, 3.05) is 0 Å². The predicted octanol–water partition coefficient (Wildman–Crippen LogP) is 4.07. The molecule has 0 aliphatic rings. The number of hydrogen-bond donors (Lipinski definition) is 1. The molecule has 132 valence electrons. The Morgan fingerprint density at radius 3 is 2.54 bits per heavy atom. The number of aromatic nitrogens is 3. The van der Waals surface area contributed by atoms with Crippen molar-refractivity contribution in [3.8, 4) is 5.75 Å². The van der Waals surface area contributed by atoms with Gasteiger partial charge in [0.05, 0.1) is 6.21 Å². The van der Waals surface area contributed by atoms with Gasteiger partial charge in [-0.1, -0.05) is 29.3 Å². The Hall–Kier alpha value is -2.48. The van der Waals surface area contributed by atoms with Gasteiger partial charge in [0.15, 0.2) is 0 Å². The Labute approximate surface area is 163 Å². The summed E-state index contributed by atoms with van der Waals surface area (Å²) in [5.74, 6) is 0.650. The Balaban J connectivity index is 1.70. The molecule has 26 heavy (non-hydrogen) atoms. The van der Waals surface area contributed by atoms with Crippen LogP contribution in [0.2, 0.25) is 10.0 Å². The molecule has 2 aromatic carbocycles. The molecule has 1 N–H and O–H groups in total. The number of aromatic amines is 1. The zero-order valence-electron chi connectivity index (χ0n) is 13.2. The van der Waals surface area contributed by atoms with E-state index in [1.807, 2.05) is 0 Å². The van der Waals surface area contributed by atoms with Crippen molar-refractivity contribution in [1.29, 1.82) is 0 Å². The lowest BCUT2D eigenvalue weighted by molar-refractivity contribution is 0.306. The Morgan fingerprint density at radius 2 is 1.88 bits per heavy atom. The summed E-state index contributed by atoms with van der Waals surface area (Å²) in [4.78, 5) is 11.6. The summed E-state index contributed by atoms with van der Waals surface area (Å²) in [6.07, 6.45) is 2.61. The molecule has 1 heterocycles. The van der Waals surface area contributed by atoms with E-state index in [0.29, 0.717) is 15.8 Å². The van der Waals surface area contributed by atoms with E-state index in [4.69, 9.17) is 40.2 Å². The van der Waals surface area contributed by atoms with Gasteiger partial charge in [-0.05, 0) is 54.2 Å². The lowest BCUT2D eigenvalue weighted by Gasteiger charge is -2.09. The first-order valence-electron chi connectivity index (χ1n) is 7.41. The minimum absolute atomic E-state index is 0.116. The van der Waals surface area contributed by atoms with Gasteiger partial charge in [-0.3, -0.25) is 9.89 Å². The maximum atomic E-state index is 11.6. The smallest absolute Gasteiger partial charge is 0.293 e. The van der Waals surface area contributed by atoms with E-state index in [9.17, 15) is 4.79 Å². The molecule has 0 saturated heterocycles. The molecule has 0 saturated carbocycles. The molecule has 3 rings (SSSR count). The van der Waals surface area contributed by atoms with E-state index in [0.717, 1.165) is 22.0 Å². The average molecular weight is 407 g/mol. The zero-order chi connectivity index (χ0) is 18.5. The summed E-state index contributed by atoms with van der Waals surface area (Å²) in [7, 11) is 0. The van der Waals surface area contributed by atoms with Crippen molar-refractivity contribution >= 4 is 41.6 Å². The quantitative estimate of drug-likeness (QED) is 0.511. The fourth-order valence-corrected chi connectivity index (χ4v) is 2.75. The molecule has 9 heteroatoms. The number of nitrogens with zero attached hydrogens (tertiary/aromatic N) is 3. The van der Waals surface area contributed by atoms with E-state index >= 15 is 0 Å². The monoisotopic (exact) mass is 406 g/mol. The van der Waals surface area contributed by atoms with Gasteiger partial charge in [0, 0.05) is 15.6 Å². The molecule has 0 fully saturated rings. The van der Waals surface area contributed by atoms with E-state index in [2.05, 4.69) is 15.3 Å². The van der Waals surface area contributed by atoms with Crippen LogP contribution in [0.1, 0.15) is 11.1 Å². The van der Waals surface area contributed by atoms with Crippen LogP contribution in [-0.4, -0.2) is 21.1 Å². The van der Waals surface area contributed by atoms with Crippen LogP contribution in [0, 0.1) is 4.77 Å². The SMILES string of the molecule is O=c1cn[nH]c(=S)n1/N=C/c1ccc(OCc2c(Cl)cccc2Cl)cc1. The molecule has 0 amide bonds. The molecule has 6 nitrogen and oxygen atoms in total. The molecule has 0 aliphatic heterocycles. The number of rotatable bonds is 5. The second-order valence-electron chi connectivity index (χ2n) is 5.13. The van der Waals surface area contributed by atoms with Crippen LogP contribution >= 0.6 is 35.4 Å². The van der Waals surface area contributed by atoms with E-state index in [-0.39, 0.29) is 11.4 Å². The average Bonchev–Trinajstić information content (AvgIpc) is 2.62. The van der Waals surface area contributed by atoms with Crippen molar-refractivity contribution in [1.82, 2.24) is 14.9 Å². The largest absolute Gasteiger partial charge is 0.489 e. The van der Waals surface area contributed by atoms with Gasteiger partial charge in [0.25, 0.3) is 5.56 Å². The zero-order valence-corrected chi connectivity index (χ0v) is 15.6. The molecule has 0 bridgehead atoms. The lowest BCUT2D eigenvalue weighted by Crippen LogP contribution is -2.18. The molecule has 0 aliphatic carbocycles. The van der Waals surface area contributed by atoms with Crippen molar-refractivity contribution < 1.29 is 4.74 Å². The fourth-order valence-electron chi connectivity index (χ4n) is 2.05. The van der Waals surface area contributed by atoms with Crippen molar-refractivity contribution in [3.05, 3.63) is 85.0 Å². The summed E-state index contributed by atoms with van der Waals surface area (Å²) in [5.41, 5.74) is 1.08. The topological polar surface area (TPSA) is 72.3 Å². The molecular formula is C17H12Cl2N4O2S. The minimum Gasteiger partial charge on any atom is -0.489 e. The van der Waals surface area contributed by atoms with E-state index in [1.54, 1.807) is 42.5 Å². The summed E-state index contributed by atoms with van der Waals surface area (Å²) >= 11 is 17.2. The predicted molar refractivity (Wildman–Crippen MR) is 104 cm³/mol. The van der Waals surface area contributed by atoms with Crippen LogP contribution in [0.4, 0.5) is 0 Å². The molecule has 1 aromatic heterocycles. The number of hydrogen-bond acceptors (Lipinski definition) is 5. The highest BCUT2D eigenvalue weighted by atomic mass is 35.5. The third kappa shape index (κ3) is 4.37. The van der Waals surface area contributed by atoms with Gasteiger partial charge in [-0.25, -0.2) is 0 Å². The summed E-state index contributed by atoms with van der Waals surface area (Å²) in [6.45, 7) is 0.257. The molecule has 3 aromatic rings. The van der Waals surface area contributed by atoms with Crippen molar-refractivity contribution in [2.24, 2.45) is 5.10 Å². The highest BCUT2D eigenvalue weighted by molar-refractivity contribution is 7.71. The van der Waals surface area contributed by atoms with E-state index < -0.39 is 5.56 Å². The van der Waals surface area contributed by atoms with Crippen LogP contribution in [0.15, 0.2) is 58.6 Å². The lowest BCUT2D eigenvalue weighted by atomic mass is 10.2. The van der Waals surface area contributed by atoms with Gasteiger partial charge in [0.1, 0.15) is 18.6 Å². The first-order chi connectivity index (χ1) is 12.5. The van der Waals surface area contributed by atoms with Crippen LogP contribution in [0.3, 0.4) is 0 Å². The number of H-pyrrole nitrogens is 1. The fraction of sp³-hybridized carbons (Fsp3) is 0.0588. The van der Waals surface area contributed by atoms with Crippen molar-refractivity contribution in [3.63, 3.8) is 0 Å².